The highest BCUT2D eigenvalue weighted by Gasteiger charge is 2.04. The zero-order valence-electron chi connectivity index (χ0n) is 10.5. The van der Waals surface area contributed by atoms with Gasteiger partial charge in [-0.1, -0.05) is 12.1 Å². The van der Waals surface area contributed by atoms with Crippen molar-refractivity contribution >= 4 is 5.91 Å². The molecule has 0 saturated carbocycles. The van der Waals surface area contributed by atoms with Gasteiger partial charge in [0, 0.05) is 14.1 Å². The maximum absolute atomic E-state index is 11.3. The van der Waals surface area contributed by atoms with Crippen LogP contribution >= 0.6 is 0 Å². The lowest BCUT2D eigenvalue weighted by molar-refractivity contribution is -0.129. The van der Waals surface area contributed by atoms with E-state index in [0.717, 1.165) is 5.56 Å². The Hall–Kier alpha value is -1.55. The Kier molecular flexibility index (Phi) is 4.97. The molecule has 0 radical (unpaired) electrons. The Morgan fingerprint density at radius 2 is 1.94 bits per heavy atom. The summed E-state index contributed by atoms with van der Waals surface area (Å²) in [5.74, 6) is 0.756. The first-order valence-corrected chi connectivity index (χ1v) is 5.61. The zero-order chi connectivity index (χ0) is 12.8. The van der Waals surface area contributed by atoms with Gasteiger partial charge in [-0.3, -0.25) is 4.79 Å². The molecule has 0 fully saturated rings. The quantitative estimate of drug-likeness (QED) is 0.846. The molecule has 0 aliphatic rings. The van der Waals surface area contributed by atoms with Crippen LogP contribution in [0.3, 0.4) is 0 Å². The molecule has 0 saturated heterocycles. The number of rotatable bonds is 5. The zero-order valence-corrected chi connectivity index (χ0v) is 10.5. The van der Waals surface area contributed by atoms with Gasteiger partial charge in [0.15, 0.2) is 0 Å². The van der Waals surface area contributed by atoms with E-state index in [1.807, 2.05) is 12.1 Å². The van der Waals surface area contributed by atoms with Crippen molar-refractivity contribution < 1.29 is 14.6 Å². The van der Waals surface area contributed by atoms with Crippen LogP contribution < -0.4 is 4.74 Å². The first kappa shape index (κ1) is 13.5. The predicted octanol–water partition coefficient (Wildman–Crippen LogP) is 1.60. The summed E-state index contributed by atoms with van der Waals surface area (Å²) in [5.41, 5.74) is 0.849. The Balaban J connectivity index is 2.40. The molecule has 1 amide bonds. The van der Waals surface area contributed by atoms with Gasteiger partial charge >= 0.3 is 0 Å². The number of ether oxygens (including phenoxy) is 1. The SMILES string of the molecule is CC(O)c1ccc(OCCC(=O)N(C)C)cc1. The van der Waals surface area contributed by atoms with Crippen LogP contribution in [0.2, 0.25) is 0 Å². The highest BCUT2D eigenvalue weighted by molar-refractivity contribution is 5.75. The van der Waals surface area contributed by atoms with E-state index in [0.29, 0.717) is 18.8 Å². The topological polar surface area (TPSA) is 49.8 Å². The smallest absolute Gasteiger partial charge is 0.225 e. The van der Waals surface area contributed by atoms with E-state index in [1.54, 1.807) is 38.1 Å². The van der Waals surface area contributed by atoms with Crippen LogP contribution in [0.1, 0.15) is 25.0 Å². The van der Waals surface area contributed by atoms with E-state index in [1.165, 1.54) is 0 Å². The number of aliphatic hydroxyl groups is 1. The maximum atomic E-state index is 11.3. The molecule has 1 rings (SSSR count). The van der Waals surface area contributed by atoms with Crippen LogP contribution in [0, 0.1) is 0 Å². The minimum absolute atomic E-state index is 0.0469. The van der Waals surface area contributed by atoms with E-state index in [4.69, 9.17) is 4.74 Å². The molecule has 4 nitrogen and oxygen atoms in total. The Labute approximate surface area is 102 Å². The third kappa shape index (κ3) is 4.44. The lowest BCUT2D eigenvalue weighted by atomic mass is 10.1. The number of benzene rings is 1. The van der Waals surface area contributed by atoms with Crippen molar-refractivity contribution in [2.75, 3.05) is 20.7 Å². The van der Waals surface area contributed by atoms with Gasteiger partial charge in [-0.05, 0) is 24.6 Å². The number of hydrogen-bond donors (Lipinski definition) is 1. The lowest BCUT2D eigenvalue weighted by Crippen LogP contribution is -2.23. The minimum atomic E-state index is -0.473. The monoisotopic (exact) mass is 237 g/mol. The summed E-state index contributed by atoms with van der Waals surface area (Å²) >= 11 is 0. The number of carbonyl (C=O) groups is 1. The first-order valence-electron chi connectivity index (χ1n) is 5.61. The molecule has 1 N–H and O–H groups in total. The fraction of sp³-hybridized carbons (Fsp3) is 0.462. The van der Waals surface area contributed by atoms with Gasteiger partial charge in [0.1, 0.15) is 5.75 Å². The molecule has 4 heteroatoms. The van der Waals surface area contributed by atoms with Crippen molar-refractivity contribution in [2.24, 2.45) is 0 Å². The summed E-state index contributed by atoms with van der Waals surface area (Å²) in [6, 6.07) is 7.21. The molecular formula is C13H19NO3. The fourth-order valence-electron chi connectivity index (χ4n) is 1.32. The molecule has 0 aliphatic carbocycles. The van der Waals surface area contributed by atoms with E-state index in [9.17, 15) is 9.90 Å². The molecule has 1 aromatic carbocycles. The predicted molar refractivity (Wildman–Crippen MR) is 65.9 cm³/mol. The molecule has 94 valence electrons. The first-order chi connectivity index (χ1) is 8.00. The Bertz CT molecular complexity index is 357. The van der Waals surface area contributed by atoms with Crippen LogP contribution in [0.15, 0.2) is 24.3 Å². The van der Waals surface area contributed by atoms with Crippen molar-refractivity contribution in [2.45, 2.75) is 19.4 Å². The maximum Gasteiger partial charge on any atom is 0.225 e. The van der Waals surface area contributed by atoms with Gasteiger partial charge in [0.05, 0.1) is 19.1 Å². The van der Waals surface area contributed by atoms with Gasteiger partial charge in [0.2, 0.25) is 5.91 Å². The van der Waals surface area contributed by atoms with Crippen molar-refractivity contribution in [1.29, 1.82) is 0 Å². The Morgan fingerprint density at radius 1 is 1.35 bits per heavy atom. The Morgan fingerprint density at radius 3 is 2.41 bits per heavy atom. The molecule has 1 unspecified atom stereocenters. The second kappa shape index (κ2) is 6.25. The highest BCUT2D eigenvalue weighted by Crippen LogP contribution is 2.17. The summed E-state index contributed by atoms with van der Waals surface area (Å²) in [6.07, 6.45) is -0.107. The van der Waals surface area contributed by atoms with E-state index in [-0.39, 0.29) is 5.91 Å². The number of amides is 1. The number of aliphatic hydroxyl groups excluding tert-OH is 1. The molecule has 0 spiro atoms. The van der Waals surface area contributed by atoms with Crippen molar-refractivity contribution in [1.82, 2.24) is 4.90 Å². The van der Waals surface area contributed by atoms with Gasteiger partial charge in [-0.25, -0.2) is 0 Å². The largest absolute Gasteiger partial charge is 0.493 e. The summed E-state index contributed by atoms with van der Waals surface area (Å²) in [7, 11) is 3.44. The van der Waals surface area contributed by atoms with Gasteiger partial charge in [0.25, 0.3) is 0 Å². The van der Waals surface area contributed by atoms with Crippen LogP contribution in [-0.4, -0.2) is 36.6 Å². The van der Waals surface area contributed by atoms with Crippen LogP contribution in [0.5, 0.6) is 5.75 Å². The summed E-state index contributed by atoms with van der Waals surface area (Å²) in [5, 5.41) is 9.33. The average molecular weight is 237 g/mol. The molecule has 1 atom stereocenters. The van der Waals surface area contributed by atoms with Crippen molar-refractivity contribution in [3.8, 4) is 5.75 Å². The molecule has 1 aromatic rings. The van der Waals surface area contributed by atoms with E-state index in [2.05, 4.69) is 0 Å². The van der Waals surface area contributed by atoms with E-state index < -0.39 is 6.10 Å². The molecule has 0 bridgehead atoms. The second-order valence-corrected chi connectivity index (χ2v) is 4.13. The molecular weight excluding hydrogens is 218 g/mol. The van der Waals surface area contributed by atoms with Gasteiger partial charge in [-0.2, -0.15) is 0 Å². The number of carbonyl (C=O) groups excluding carboxylic acids is 1. The van der Waals surface area contributed by atoms with Crippen LogP contribution in [-0.2, 0) is 4.79 Å². The summed E-state index contributed by atoms with van der Waals surface area (Å²) < 4.78 is 5.43. The van der Waals surface area contributed by atoms with E-state index >= 15 is 0 Å². The molecule has 0 aromatic heterocycles. The third-order valence-corrected chi connectivity index (χ3v) is 2.45. The van der Waals surface area contributed by atoms with Crippen molar-refractivity contribution in [3.63, 3.8) is 0 Å². The molecule has 0 aliphatic heterocycles. The summed E-state index contributed by atoms with van der Waals surface area (Å²) in [4.78, 5) is 12.8. The average Bonchev–Trinajstić information content (AvgIpc) is 2.29. The second-order valence-electron chi connectivity index (χ2n) is 4.13. The third-order valence-electron chi connectivity index (χ3n) is 2.45. The minimum Gasteiger partial charge on any atom is -0.493 e. The highest BCUT2D eigenvalue weighted by atomic mass is 16.5. The molecule has 17 heavy (non-hydrogen) atoms. The van der Waals surface area contributed by atoms with Gasteiger partial charge < -0.3 is 14.7 Å². The number of nitrogens with zero attached hydrogens (tertiary/aromatic N) is 1. The van der Waals surface area contributed by atoms with Crippen molar-refractivity contribution in [3.05, 3.63) is 29.8 Å². The lowest BCUT2D eigenvalue weighted by Gasteiger charge is -2.11. The summed E-state index contributed by atoms with van der Waals surface area (Å²) in [6.45, 7) is 2.08. The van der Waals surface area contributed by atoms with Crippen LogP contribution in [0.25, 0.3) is 0 Å². The van der Waals surface area contributed by atoms with Crippen LogP contribution in [0.4, 0.5) is 0 Å². The normalized spacial score (nSPS) is 12.0. The molecule has 0 heterocycles. The van der Waals surface area contributed by atoms with Gasteiger partial charge in [-0.15, -0.1) is 0 Å². The number of hydrogen-bond acceptors (Lipinski definition) is 3. The standard InChI is InChI=1S/C13H19NO3/c1-10(15)11-4-6-12(7-5-11)17-9-8-13(16)14(2)3/h4-7,10,15H,8-9H2,1-3H3. The fourth-order valence-corrected chi connectivity index (χ4v) is 1.32.